The van der Waals surface area contributed by atoms with Crippen LogP contribution >= 0.6 is 0 Å². The highest BCUT2D eigenvalue weighted by molar-refractivity contribution is 5.80. The number of aliphatic carboxylic acids is 1. The molecule has 1 saturated heterocycles. The van der Waals surface area contributed by atoms with Crippen LogP contribution in [-0.2, 0) is 14.4 Å². The SMILES string of the molecule is CC(=O)N1CCN(C(=O)CN(CC(=O)O)C(C)(C)C)CC1. The normalized spacial score (nSPS) is 16.2. The molecule has 1 aliphatic heterocycles. The van der Waals surface area contributed by atoms with Gasteiger partial charge >= 0.3 is 5.97 Å². The van der Waals surface area contributed by atoms with Crippen LogP contribution in [0.25, 0.3) is 0 Å². The first-order chi connectivity index (χ1) is 9.61. The first-order valence-corrected chi connectivity index (χ1v) is 7.11. The first kappa shape index (κ1) is 17.4. The maximum absolute atomic E-state index is 12.3. The zero-order valence-electron chi connectivity index (χ0n) is 13.3. The van der Waals surface area contributed by atoms with Gasteiger partial charge in [-0.25, -0.2) is 0 Å². The molecule has 1 N–H and O–H groups in total. The van der Waals surface area contributed by atoms with E-state index in [4.69, 9.17) is 5.11 Å². The molecule has 0 aromatic heterocycles. The predicted molar refractivity (Wildman–Crippen MR) is 77.8 cm³/mol. The van der Waals surface area contributed by atoms with E-state index in [9.17, 15) is 14.4 Å². The minimum atomic E-state index is -0.945. The summed E-state index contributed by atoms with van der Waals surface area (Å²) in [6, 6.07) is 0. The molecule has 7 heteroatoms. The van der Waals surface area contributed by atoms with Crippen molar-refractivity contribution in [2.75, 3.05) is 39.3 Å². The molecule has 0 spiro atoms. The lowest BCUT2D eigenvalue weighted by molar-refractivity contribution is -0.144. The summed E-state index contributed by atoms with van der Waals surface area (Å²) in [4.78, 5) is 39.5. The Labute approximate surface area is 125 Å². The number of nitrogens with zero attached hydrogens (tertiary/aromatic N) is 3. The van der Waals surface area contributed by atoms with Crippen molar-refractivity contribution < 1.29 is 19.5 Å². The molecule has 120 valence electrons. The molecule has 0 aliphatic carbocycles. The molecule has 1 heterocycles. The van der Waals surface area contributed by atoms with E-state index in [1.807, 2.05) is 20.8 Å². The smallest absolute Gasteiger partial charge is 0.317 e. The minimum Gasteiger partial charge on any atom is -0.480 e. The molecular formula is C14H25N3O4. The second-order valence-electron chi connectivity index (χ2n) is 6.31. The highest BCUT2D eigenvalue weighted by atomic mass is 16.4. The lowest BCUT2D eigenvalue weighted by Crippen LogP contribution is -2.54. The lowest BCUT2D eigenvalue weighted by Gasteiger charge is -2.38. The topological polar surface area (TPSA) is 81.2 Å². The Morgan fingerprint density at radius 1 is 1.00 bits per heavy atom. The van der Waals surface area contributed by atoms with Crippen molar-refractivity contribution in [1.82, 2.24) is 14.7 Å². The van der Waals surface area contributed by atoms with Gasteiger partial charge in [-0.05, 0) is 20.8 Å². The number of carbonyl (C=O) groups is 3. The quantitative estimate of drug-likeness (QED) is 0.781. The van der Waals surface area contributed by atoms with Crippen LogP contribution in [0.2, 0.25) is 0 Å². The van der Waals surface area contributed by atoms with Crippen molar-refractivity contribution >= 4 is 17.8 Å². The van der Waals surface area contributed by atoms with E-state index in [0.717, 1.165) is 0 Å². The zero-order chi connectivity index (χ0) is 16.2. The van der Waals surface area contributed by atoms with E-state index >= 15 is 0 Å². The third-order valence-corrected chi connectivity index (χ3v) is 3.68. The molecule has 1 rings (SSSR count). The van der Waals surface area contributed by atoms with Crippen molar-refractivity contribution in [2.24, 2.45) is 0 Å². The second-order valence-corrected chi connectivity index (χ2v) is 6.31. The van der Waals surface area contributed by atoms with E-state index in [1.165, 1.54) is 6.92 Å². The zero-order valence-corrected chi connectivity index (χ0v) is 13.3. The van der Waals surface area contributed by atoms with Crippen LogP contribution in [0, 0.1) is 0 Å². The van der Waals surface area contributed by atoms with Gasteiger partial charge in [0.15, 0.2) is 0 Å². The highest BCUT2D eigenvalue weighted by Gasteiger charge is 2.29. The molecule has 1 aliphatic rings. The van der Waals surface area contributed by atoms with E-state index in [1.54, 1.807) is 14.7 Å². The number of hydrogen-bond acceptors (Lipinski definition) is 4. The Morgan fingerprint density at radius 3 is 1.86 bits per heavy atom. The van der Waals surface area contributed by atoms with Gasteiger partial charge in [-0.3, -0.25) is 19.3 Å². The van der Waals surface area contributed by atoms with Gasteiger partial charge in [-0.2, -0.15) is 0 Å². The summed E-state index contributed by atoms with van der Waals surface area (Å²) in [5.41, 5.74) is -0.394. The van der Waals surface area contributed by atoms with Crippen LogP contribution in [0.3, 0.4) is 0 Å². The highest BCUT2D eigenvalue weighted by Crippen LogP contribution is 2.13. The minimum absolute atomic E-state index is 0.0179. The Bertz CT molecular complexity index is 409. The summed E-state index contributed by atoms with van der Waals surface area (Å²) >= 11 is 0. The van der Waals surface area contributed by atoms with Crippen LogP contribution in [0.4, 0.5) is 0 Å². The van der Waals surface area contributed by atoms with E-state index in [-0.39, 0.29) is 24.9 Å². The maximum Gasteiger partial charge on any atom is 0.317 e. The molecule has 0 atom stereocenters. The van der Waals surface area contributed by atoms with Crippen molar-refractivity contribution in [3.05, 3.63) is 0 Å². The van der Waals surface area contributed by atoms with Crippen LogP contribution in [0.15, 0.2) is 0 Å². The maximum atomic E-state index is 12.3. The summed E-state index contributed by atoms with van der Waals surface area (Å²) in [6.07, 6.45) is 0. The Hall–Kier alpha value is -1.63. The molecule has 0 unspecified atom stereocenters. The third kappa shape index (κ3) is 5.34. The molecule has 0 bridgehead atoms. The number of hydrogen-bond donors (Lipinski definition) is 1. The summed E-state index contributed by atoms with van der Waals surface area (Å²) in [5, 5.41) is 8.96. The summed E-state index contributed by atoms with van der Waals surface area (Å²) in [7, 11) is 0. The fourth-order valence-corrected chi connectivity index (χ4v) is 2.23. The van der Waals surface area contributed by atoms with Gasteiger partial charge in [0.25, 0.3) is 0 Å². The van der Waals surface area contributed by atoms with Gasteiger partial charge in [-0.15, -0.1) is 0 Å². The van der Waals surface area contributed by atoms with Crippen LogP contribution < -0.4 is 0 Å². The summed E-state index contributed by atoms with van der Waals surface area (Å²) in [5.74, 6) is -1.02. The number of carbonyl (C=O) groups excluding carboxylic acids is 2. The predicted octanol–water partition coefficient (Wildman–Crippen LogP) is -0.138. The largest absolute Gasteiger partial charge is 0.480 e. The average Bonchev–Trinajstić information content (AvgIpc) is 2.36. The molecule has 0 aromatic rings. The van der Waals surface area contributed by atoms with Crippen LogP contribution in [0.1, 0.15) is 27.7 Å². The Morgan fingerprint density at radius 2 is 1.48 bits per heavy atom. The molecule has 0 saturated carbocycles. The third-order valence-electron chi connectivity index (χ3n) is 3.68. The van der Waals surface area contributed by atoms with Crippen molar-refractivity contribution in [2.45, 2.75) is 33.2 Å². The number of carboxylic acids is 1. The van der Waals surface area contributed by atoms with E-state index in [2.05, 4.69) is 0 Å². The molecule has 7 nitrogen and oxygen atoms in total. The summed E-state index contributed by atoms with van der Waals surface area (Å²) in [6.45, 7) is 9.17. The van der Waals surface area contributed by atoms with Crippen LogP contribution in [0.5, 0.6) is 0 Å². The molecule has 21 heavy (non-hydrogen) atoms. The van der Waals surface area contributed by atoms with Crippen molar-refractivity contribution in [3.63, 3.8) is 0 Å². The Balaban J connectivity index is 2.59. The van der Waals surface area contributed by atoms with Gasteiger partial charge in [-0.1, -0.05) is 0 Å². The number of carboxylic acid groups (broad SMARTS) is 1. The number of piperazine rings is 1. The van der Waals surface area contributed by atoms with E-state index in [0.29, 0.717) is 26.2 Å². The number of amides is 2. The average molecular weight is 299 g/mol. The Kier molecular flexibility index (Phi) is 5.71. The van der Waals surface area contributed by atoms with E-state index < -0.39 is 11.5 Å². The fraction of sp³-hybridized carbons (Fsp3) is 0.786. The molecule has 2 amide bonds. The fourth-order valence-electron chi connectivity index (χ4n) is 2.23. The molecule has 0 aromatic carbocycles. The molecule has 1 fully saturated rings. The monoisotopic (exact) mass is 299 g/mol. The summed E-state index contributed by atoms with van der Waals surface area (Å²) < 4.78 is 0. The molecular weight excluding hydrogens is 274 g/mol. The lowest BCUT2D eigenvalue weighted by atomic mass is 10.1. The van der Waals surface area contributed by atoms with Crippen molar-refractivity contribution in [3.8, 4) is 0 Å². The van der Waals surface area contributed by atoms with Gasteiger partial charge < -0.3 is 14.9 Å². The molecule has 0 radical (unpaired) electrons. The second kappa shape index (κ2) is 6.89. The first-order valence-electron chi connectivity index (χ1n) is 7.11. The van der Waals surface area contributed by atoms with Crippen LogP contribution in [-0.4, -0.2) is 82.4 Å². The van der Waals surface area contributed by atoms with Gasteiger partial charge in [0.1, 0.15) is 0 Å². The number of rotatable bonds is 4. The van der Waals surface area contributed by atoms with Crippen molar-refractivity contribution in [1.29, 1.82) is 0 Å². The van der Waals surface area contributed by atoms with Gasteiger partial charge in [0.05, 0.1) is 13.1 Å². The van der Waals surface area contributed by atoms with Gasteiger partial charge in [0.2, 0.25) is 11.8 Å². The standard InChI is InChI=1S/C14H25N3O4/c1-11(18)15-5-7-16(8-6-15)12(19)9-17(10-13(20)21)14(2,3)4/h5-10H2,1-4H3,(H,20,21). The van der Waals surface area contributed by atoms with Gasteiger partial charge in [0, 0.05) is 38.6 Å².